The zero-order valence-corrected chi connectivity index (χ0v) is 19.2. The van der Waals surface area contributed by atoms with E-state index in [1.165, 1.54) is 22.7 Å². The third kappa shape index (κ3) is 5.80. The van der Waals surface area contributed by atoms with Crippen LogP contribution in [0.1, 0.15) is 33.3 Å². The van der Waals surface area contributed by atoms with Gasteiger partial charge in [0.2, 0.25) is 0 Å². The van der Waals surface area contributed by atoms with Crippen molar-refractivity contribution in [1.29, 1.82) is 0 Å². The van der Waals surface area contributed by atoms with Gasteiger partial charge in [0.25, 0.3) is 5.91 Å². The largest absolute Gasteiger partial charge is 0.462 e. The summed E-state index contributed by atoms with van der Waals surface area (Å²) in [5, 5.41) is 6.82. The number of rotatable bonds is 8. The zero-order chi connectivity index (χ0) is 22.4. The van der Waals surface area contributed by atoms with E-state index in [2.05, 4.69) is 5.32 Å². The van der Waals surface area contributed by atoms with Crippen LogP contribution < -0.4 is 5.32 Å². The second kappa shape index (κ2) is 10.4. The van der Waals surface area contributed by atoms with Gasteiger partial charge in [-0.05, 0) is 48.7 Å². The van der Waals surface area contributed by atoms with Gasteiger partial charge in [0, 0.05) is 10.4 Å². The summed E-state index contributed by atoms with van der Waals surface area (Å²) in [6.45, 7) is 5.39. The van der Waals surface area contributed by atoms with E-state index in [0.29, 0.717) is 10.6 Å². The highest BCUT2D eigenvalue weighted by molar-refractivity contribution is 7.17. The summed E-state index contributed by atoms with van der Waals surface area (Å²) in [4.78, 5) is 37.9. The Morgan fingerprint density at radius 3 is 2.42 bits per heavy atom. The number of carbonyl (C=O) groups is 3. The number of hydrogen-bond acceptors (Lipinski definition) is 7. The number of ether oxygens (including phenoxy) is 2. The van der Waals surface area contributed by atoms with E-state index in [0.717, 1.165) is 27.1 Å². The van der Waals surface area contributed by atoms with Crippen LogP contribution in [0.25, 0.3) is 11.1 Å². The normalized spacial score (nSPS) is 10.5. The lowest BCUT2D eigenvalue weighted by Gasteiger charge is -2.10. The Balaban J connectivity index is 1.77. The first-order valence-electron chi connectivity index (χ1n) is 9.73. The molecule has 0 aliphatic carbocycles. The molecule has 0 saturated heterocycles. The van der Waals surface area contributed by atoms with Crippen molar-refractivity contribution in [2.24, 2.45) is 0 Å². The van der Waals surface area contributed by atoms with E-state index in [-0.39, 0.29) is 13.0 Å². The molecule has 0 bridgehead atoms. The van der Waals surface area contributed by atoms with Gasteiger partial charge in [0.1, 0.15) is 10.6 Å². The van der Waals surface area contributed by atoms with Crippen molar-refractivity contribution in [3.05, 3.63) is 62.7 Å². The van der Waals surface area contributed by atoms with Crippen molar-refractivity contribution in [2.75, 3.05) is 18.5 Å². The number of benzene rings is 1. The van der Waals surface area contributed by atoms with E-state index in [1.54, 1.807) is 6.92 Å². The van der Waals surface area contributed by atoms with E-state index in [9.17, 15) is 14.4 Å². The van der Waals surface area contributed by atoms with Gasteiger partial charge < -0.3 is 14.8 Å². The van der Waals surface area contributed by atoms with Crippen molar-refractivity contribution in [3.63, 3.8) is 0 Å². The first-order valence-corrected chi connectivity index (χ1v) is 11.5. The highest BCUT2D eigenvalue weighted by Crippen LogP contribution is 2.40. The first kappa shape index (κ1) is 22.7. The van der Waals surface area contributed by atoms with Gasteiger partial charge >= 0.3 is 11.9 Å². The van der Waals surface area contributed by atoms with Crippen LogP contribution in [-0.2, 0) is 25.5 Å². The maximum absolute atomic E-state index is 12.7. The molecule has 0 unspecified atom stereocenters. The number of thiophene rings is 2. The van der Waals surface area contributed by atoms with Crippen LogP contribution in [0, 0.1) is 13.8 Å². The number of esters is 2. The SMILES string of the molecule is CCOC(=O)c1c(NC(=O)COC(=O)Cc2ccsc2)sc(C)c1-c1ccc(C)cc1. The minimum Gasteiger partial charge on any atom is -0.462 e. The summed E-state index contributed by atoms with van der Waals surface area (Å²) in [7, 11) is 0. The lowest BCUT2D eigenvalue weighted by Crippen LogP contribution is -2.22. The van der Waals surface area contributed by atoms with Crippen LogP contribution in [0.3, 0.4) is 0 Å². The van der Waals surface area contributed by atoms with Gasteiger partial charge in [-0.25, -0.2) is 4.79 Å². The molecule has 2 heterocycles. The Labute approximate surface area is 188 Å². The van der Waals surface area contributed by atoms with Crippen molar-refractivity contribution < 1.29 is 23.9 Å². The molecule has 0 atom stereocenters. The molecule has 8 heteroatoms. The van der Waals surface area contributed by atoms with Gasteiger partial charge in [-0.2, -0.15) is 11.3 Å². The second-order valence-corrected chi connectivity index (χ2v) is 8.85. The number of aryl methyl sites for hydroxylation is 2. The fraction of sp³-hybridized carbons (Fsp3) is 0.261. The van der Waals surface area contributed by atoms with Crippen LogP contribution >= 0.6 is 22.7 Å². The lowest BCUT2D eigenvalue weighted by molar-refractivity contribution is -0.146. The summed E-state index contributed by atoms with van der Waals surface area (Å²) in [6, 6.07) is 9.63. The summed E-state index contributed by atoms with van der Waals surface area (Å²) in [6.07, 6.45) is 0.112. The second-order valence-electron chi connectivity index (χ2n) is 6.84. The summed E-state index contributed by atoms with van der Waals surface area (Å²) in [5.74, 6) is -1.50. The van der Waals surface area contributed by atoms with Crippen molar-refractivity contribution >= 4 is 45.5 Å². The van der Waals surface area contributed by atoms with Gasteiger partial charge in [-0.15, -0.1) is 11.3 Å². The number of nitrogens with one attached hydrogen (secondary N) is 1. The van der Waals surface area contributed by atoms with E-state index in [4.69, 9.17) is 9.47 Å². The molecule has 0 aliphatic rings. The van der Waals surface area contributed by atoms with Gasteiger partial charge in [-0.1, -0.05) is 29.8 Å². The molecule has 0 spiro atoms. The molecule has 6 nitrogen and oxygen atoms in total. The highest BCUT2D eigenvalue weighted by atomic mass is 32.1. The third-order valence-electron chi connectivity index (χ3n) is 4.45. The van der Waals surface area contributed by atoms with E-state index < -0.39 is 24.5 Å². The molecule has 162 valence electrons. The van der Waals surface area contributed by atoms with E-state index in [1.807, 2.05) is 54.9 Å². The van der Waals surface area contributed by atoms with Crippen LogP contribution in [-0.4, -0.2) is 31.1 Å². The van der Waals surface area contributed by atoms with Gasteiger partial charge in [-0.3, -0.25) is 9.59 Å². The molecule has 0 radical (unpaired) electrons. The predicted molar refractivity (Wildman–Crippen MR) is 123 cm³/mol. The van der Waals surface area contributed by atoms with Crippen molar-refractivity contribution in [3.8, 4) is 11.1 Å². The maximum atomic E-state index is 12.7. The smallest absolute Gasteiger partial charge is 0.341 e. The molecule has 2 aromatic heterocycles. The quantitative estimate of drug-likeness (QED) is 0.482. The van der Waals surface area contributed by atoms with Crippen molar-refractivity contribution in [2.45, 2.75) is 27.2 Å². The molecule has 0 saturated carbocycles. The molecule has 1 amide bonds. The van der Waals surface area contributed by atoms with Crippen LogP contribution in [0.15, 0.2) is 41.1 Å². The molecule has 1 aromatic carbocycles. The Hall–Kier alpha value is -2.97. The average molecular weight is 458 g/mol. The predicted octanol–water partition coefficient (Wildman–Crippen LogP) is 4.99. The minimum absolute atomic E-state index is 0.112. The van der Waals surface area contributed by atoms with Gasteiger partial charge in [0.15, 0.2) is 6.61 Å². The molecule has 0 fully saturated rings. The minimum atomic E-state index is -0.513. The van der Waals surface area contributed by atoms with Crippen LogP contribution in [0.2, 0.25) is 0 Å². The maximum Gasteiger partial charge on any atom is 0.341 e. The number of carbonyl (C=O) groups excluding carboxylic acids is 3. The first-order chi connectivity index (χ1) is 14.9. The Morgan fingerprint density at radius 1 is 1.03 bits per heavy atom. The Bertz CT molecular complexity index is 1070. The molecule has 1 N–H and O–H groups in total. The molecular formula is C23H23NO5S2. The molecule has 31 heavy (non-hydrogen) atoms. The Kier molecular flexibility index (Phi) is 7.59. The van der Waals surface area contributed by atoms with Crippen LogP contribution in [0.4, 0.5) is 5.00 Å². The van der Waals surface area contributed by atoms with E-state index >= 15 is 0 Å². The zero-order valence-electron chi connectivity index (χ0n) is 17.5. The summed E-state index contributed by atoms with van der Waals surface area (Å²) < 4.78 is 10.3. The molecule has 3 aromatic rings. The Morgan fingerprint density at radius 2 is 1.77 bits per heavy atom. The van der Waals surface area contributed by atoms with Crippen LogP contribution in [0.5, 0.6) is 0 Å². The number of anilines is 1. The molecule has 3 rings (SSSR count). The van der Waals surface area contributed by atoms with Gasteiger partial charge in [0.05, 0.1) is 13.0 Å². The highest BCUT2D eigenvalue weighted by Gasteiger charge is 2.25. The lowest BCUT2D eigenvalue weighted by atomic mass is 10.0. The monoisotopic (exact) mass is 457 g/mol. The summed E-state index contributed by atoms with van der Waals surface area (Å²) in [5.41, 5.74) is 3.85. The third-order valence-corrected chi connectivity index (χ3v) is 6.20. The molecule has 0 aliphatic heterocycles. The number of hydrogen-bond donors (Lipinski definition) is 1. The average Bonchev–Trinajstić information content (AvgIpc) is 3.35. The topological polar surface area (TPSA) is 81.7 Å². The fourth-order valence-electron chi connectivity index (χ4n) is 3.02. The standard InChI is InChI=1S/C23H23NO5S2/c1-4-28-23(27)21-20(17-7-5-14(2)6-8-17)15(3)31-22(21)24-18(25)12-29-19(26)11-16-9-10-30-13-16/h5-10,13H,4,11-12H2,1-3H3,(H,24,25). The molecular weight excluding hydrogens is 434 g/mol. The van der Waals surface area contributed by atoms with Crippen molar-refractivity contribution in [1.82, 2.24) is 0 Å². The number of amides is 1. The summed E-state index contributed by atoms with van der Waals surface area (Å²) >= 11 is 2.78. The fourth-order valence-corrected chi connectivity index (χ4v) is 4.77.